The lowest BCUT2D eigenvalue weighted by Crippen LogP contribution is -2.30. The van der Waals surface area contributed by atoms with Crippen molar-refractivity contribution >= 4 is 23.1 Å². The first-order valence-corrected chi connectivity index (χ1v) is 9.81. The van der Waals surface area contributed by atoms with E-state index in [4.69, 9.17) is 4.74 Å². The lowest BCUT2D eigenvalue weighted by atomic mass is 9.95. The van der Waals surface area contributed by atoms with Crippen molar-refractivity contribution in [2.75, 3.05) is 11.5 Å². The first-order chi connectivity index (χ1) is 15.4. The average molecular weight is 436 g/mol. The summed E-state index contributed by atoms with van der Waals surface area (Å²) in [5.74, 6) is -3.62. The fourth-order valence-electron chi connectivity index (χ4n) is 3.64. The molecule has 1 aliphatic rings. The number of aliphatic hydroxyl groups is 1. The molecular weight excluding hydrogens is 418 g/mol. The number of hydrogen-bond donors (Lipinski definition) is 1. The van der Waals surface area contributed by atoms with Gasteiger partial charge >= 0.3 is 0 Å². The third kappa shape index (κ3) is 3.71. The molecule has 1 aliphatic heterocycles. The van der Waals surface area contributed by atoms with Crippen LogP contribution in [0.15, 0.2) is 72.6 Å². The molecule has 1 unspecified atom stereocenters. The lowest BCUT2D eigenvalue weighted by Gasteiger charge is -2.25. The number of Topliss-reactive ketones (excluding diaryl/α,β-unsaturated/α-hetero) is 1. The molecule has 162 valence electrons. The second kappa shape index (κ2) is 8.58. The van der Waals surface area contributed by atoms with E-state index in [9.17, 15) is 23.5 Å². The number of aromatic nitrogens is 1. The van der Waals surface area contributed by atoms with Crippen LogP contribution in [0.3, 0.4) is 0 Å². The van der Waals surface area contributed by atoms with E-state index in [2.05, 4.69) is 4.98 Å². The molecule has 1 saturated heterocycles. The van der Waals surface area contributed by atoms with Crippen LogP contribution in [0.1, 0.15) is 24.1 Å². The summed E-state index contributed by atoms with van der Waals surface area (Å²) in [6.45, 7) is 2.29. The molecule has 8 heteroatoms. The highest BCUT2D eigenvalue weighted by Crippen LogP contribution is 2.43. The van der Waals surface area contributed by atoms with Crippen molar-refractivity contribution in [3.63, 3.8) is 0 Å². The highest BCUT2D eigenvalue weighted by Gasteiger charge is 2.47. The zero-order valence-corrected chi connectivity index (χ0v) is 17.0. The van der Waals surface area contributed by atoms with Crippen molar-refractivity contribution in [1.82, 2.24) is 4.98 Å². The normalized spacial score (nSPS) is 17.6. The molecule has 0 spiro atoms. The summed E-state index contributed by atoms with van der Waals surface area (Å²) in [4.78, 5) is 30.7. The Morgan fingerprint density at radius 3 is 2.41 bits per heavy atom. The summed E-state index contributed by atoms with van der Waals surface area (Å²) in [7, 11) is 0. The Balaban J connectivity index is 1.91. The molecule has 4 rings (SSSR count). The Kier molecular flexibility index (Phi) is 5.68. The Morgan fingerprint density at radius 1 is 1.06 bits per heavy atom. The van der Waals surface area contributed by atoms with Crippen LogP contribution in [-0.2, 0) is 9.59 Å². The molecule has 0 radical (unpaired) electrons. The molecule has 1 N–H and O–H groups in total. The van der Waals surface area contributed by atoms with Crippen LogP contribution < -0.4 is 9.64 Å². The van der Waals surface area contributed by atoms with Crippen molar-refractivity contribution in [2.45, 2.75) is 13.0 Å². The van der Waals surface area contributed by atoms with Crippen LogP contribution >= 0.6 is 0 Å². The van der Waals surface area contributed by atoms with Gasteiger partial charge in [0.2, 0.25) is 0 Å². The molecule has 6 nitrogen and oxygen atoms in total. The smallest absolute Gasteiger partial charge is 0.300 e. The molecule has 1 amide bonds. The molecule has 2 heterocycles. The van der Waals surface area contributed by atoms with Crippen molar-refractivity contribution in [2.24, 2.45) is 0 Å². The third-order valence-electron chi connectivity index (χ3n) is 5.07. The van der Waals surface area contributed by atoms with E-state index >= 15 is 0 Å². The molecule has 0 aliphatic carbocycles. The molecular formula is C24H18F2N2O4. The number of ketones is 1. The van der Waals surface area contributed by atoms with Gasteiger partial charge in [-0.1, -0.05) is 0 Å². The molecule has 1 atom stereocenters. The maximum Gasteiger partial charge on any atom is 0.300 e. The first kappa shape index (κ1) is 21.2. The zero-order chi connectivity index (χ0) is 22.8. The number of rotatable bonds is 5. The number of carbonyl (C=O) groups is 2. The standard InChI is InChI=1S/C24H18F2N2O4/c1-2-32-17-6-3-15(4-7-17)22(29)20-21(14-9-11-27-12-10-14)28(24(31)23(20)30)19-13-16(25)5-8-18(19)26/h3-13,21,29H,2H2,1H3/b22-20+. The first-order valence-electron chi connectivity index (χ1n) is 9.81. The highest BCUT2D eigenvalue weighted by molar-refractivity contribution is 6.51. The van der Waals surface area contributed by atoms with Crippen LogP contribution in [-0.4, -0.2) is 28.4 Å². The summed E-state index contributed by atoms with van der Waals surface area (Å²) in [5.41, 5.74) is 0.0225. The SMILES string of the molecule is CCOc1ccc(/C(O)=C2\C(=O)C(=O)N(c3cc(F)ccc3F)C2c2ccncc2)cc1. The third-order valence-corrected chi connectivity index (χ3v) is 5.07. The van der Waals surface area contributed by atoms with Gasteiger partial charge in [0.05, 0.1) is 23.9 Å². The van der Waals surface area contributed by atoms with Gasteiger partial charge in [0.15, 0.2) is 0 Å². The quantitative estimate of drug-likeness (QED) is 0.365. The van der Waals surface area contributed by atoms with E-state index in [1.807, 2.05) is 6.92 Å². The fraction of sp³-hybridized carbons (Fsp3) is 0.125. The van der Waals surface area contributed by atoms with Gasteiger partial charge in [0, 0.05) is 24.0 Å². The lowest BCUT2D eigenvalue weighted by molar-refractivity contribution is -0.132. The van der Waals surface area contributed by atoms with E-state index in [-0.39, 0.29) is 11.1 Å². The monoisotopic (exact) mass is 436 g/mol. The average Bonchev–Trinajstić information content (AvgIpc) is 3.07. The zero-order valence-electron chi connectivity index (χ0n) is 17.0. The summed E-state index contributed by atoms with van der Waals surface area (Å²) in [6.07, 6.45) is 2.88. The molecule has 32 heavy (non-hydrogen) atoms. The van der Waals surface area contributed by atoms with Gasteiger partial charge < -0.3 is 9.84 Å². The van der Waals surface area contributed by atoms with Gasteiger partial charge in [0.1, 0.15) is 23.1 Å². The molecule has 0 saturated carbocycles. The van der Waals surface area contributed by atoms with Gasteiger partial charge in [-0.25, -0.2) is 8.78 Å². The number of pyridine rings is 1. The van der Waals surface area contributed by atoms with Crippen LogP contribution in [0.2, 0.25) is 0 Å². The van der Waals surface area contributed by atoms with E-state index < -0.39 is 40.8 Å². The number of nitrogens with zero attached hydrogens (tertiary/aromatic N) is 2. The molecule has 2 aromatic carbocycles. The summed E-state index contributed by atoms with van der Waals surface area (Å²) >= 11 is 0. The molecule has 3 aromatic rings. The number of aliphatic hydroxyl groups excluding tert-OH is 1. The number of hydrogen-bond acceptors (Lipinski definition) is 5. The predicted molar refractivity (Wildman–Crippen MR) is 113 cm³/mol. The number of anilines is 1. The number of benzene rings is 2. The van der Waals surface area contributed by atoms with E-state index in [0.717, 1.165) is 23.1 Å². The van der Waals surface area contributed by atoms with Crippen LogP contribution in [0, 0.1) is 11.6 Å². The van der Waals surface area contributed by atoms with Gasteiger partial charge in [0.25, 0.3) is 11.7 Å². The van der Waals surface area contributed by atoms with Crippen molar-refractivity contribution in [3.8, 4) is 5.75 Å². The second-order valence-corrected chi connectivity index (χ2v) is 7.00. The number of amides is 1. The predicted octanol–water partition coefficient (Wildman–Crippen LogP) is 4.38. The maximum atomic E-state index is 14.6. The minimum atomic E-state index is -1.18. The minimum Gasteiger partial charge on any atom is -0.507 e. The van der Waals surface area contributed by atoms with Gasteiger partial charge in [-0.2, -0.15) is 0 Å². The molecule has 1 aromatic heterocycles. The van der Waals surface area contributed by atoms with Crippen molar-refractivity contribution in [3.05, 3.63) is 95.3 Å². The van der Waals surface area contributed by atoms with Crippen LogP contribution in [0.4, 0.5) is 14.5 Å². The Hall–Kier alpha value is -4.07. The van der Waals surface area contributed by atoms with Crippen molar-refractivity contribution in [1.29, 1.82) is 0 Å². The van der Waals surface area contributed by atoms with E-state index in [1.165, 1.54) is 24.5 Å². The fourth-order valence-corrected chi connectivity index (χ4v) is 3.64. The largest absolute Gasteiger partial charge is 0.507 e. The summed E-state index contributed by atoms with van der Waals surface area (Å²) in [6, 6.07) is 10.8. The number of ether oxygens (including phenoxy) is 1. The number of carbonyl (C=O) groups excluding carboxylic acids is 2. The van der Waals surface area contributed by atoms with E-state index in [1.54, 1.807) is 24.3 Å². The van der Waals surface area contributed by atoms with Crippen LogP contribution in [0.25, 0.3) is 5.76 Å². The second-order valence-electron chi connectivity index (χ2n) is 7.00. The van der Waals surface area contributed by atoms with Gasteiger partial charge in [-0.05, 0) is 61.0 Å². The summed E-state index contributed by atoms with van der Waals surface area (Å²) < 4.78 is 33.9. The van der Waals surface area contributed by atoms with Crippen molar-refractivity contribution < 1.29 is 28.2 Å². The molecule has 0 bridgehead atoms. The van der Waals surface area contributed by atoms with Gasteiger partial charge in [-0.3, -0.25) is 19.5 Å². The topological polar surface area (TPSA) is 79.7 Å². The maximum absolute atomic E-state index is 14.6. The minimum absolute atomic E-state index is 0.242. The van der Waals surface area contributed by atoms with E-state index in [0.29, 0.717) is 17.9 Å². The summed E-state index contributed by atoms with van der Waals surface area (Å²) in [5, 5.41) is 11.0. The number of halogens is 2. The van der Waals surface area contributed by atoms with Gasteiger partial charge in [-0.15, -0.1) is 0 Å². The van der Waals surface area contributed by atoms with Crippen LogP contribution in [0.5, 0.6) is 5.75 Å². The molecule has 1 fully saturated rings. The highest BCUT2D eigenvalue weighted by atomic mass is 19.1. The Bertz CT molecular complexity index is 1210. The Labute approximate surface area is 182 Å². The Morgan fingerprint density at radius 2 is 1.75 bits per heavy atom.